The molecule has 1 aliphatic carbocycles. The van der Waals surface area contributed by atoms with Gasteiger partial charge < -0.3 is 10.2 Å². The molecule has 2 nitrogen and oxygen atoms in total. The average Bonchev–Trinajstić information content (AvgIpc) is 2.37. The lowest BCUT2D eigenvalue weighted by Crippen LogP contribution is -2.19. The van der Waals surface area contributed by atoms with Crippen molar-refractivity contribution in [1.29, 1.82) is 0 Å². The lowest BCUT2D eigenvalue weighted by molar-refractivity contribution is 0.110. The van der Waals surface area contributed by atoms with E-state index in [9.17, 15) is 10.2 Å². The quantitative estimate of drug-likeness (QED) is 0.468. The van der Waals surface area contributed by atoms with Crippen molar-refractivity contribution < 1.29 is 10.2 Å². The number of rotatable bonds is 2. The Kier molecular flexibility index (Phi) is 3.33. The fourth-order valence-corrected chi connectivity index (χ4v) is 1.41. The molecule has 66 valence electrons. The third-order valence-corrected chi connectivity index (χ3v) is 2.06. The van der Waals surface area contributed by atoms with Crippen molar-refractivity contribution in [3.63, 3.8) is 0 Å². The van der Waals surface area contributed by atoms with Gasteiger partial charge >= 0.3 is 0 Å². The van der Waals surface area contributed by atoms with Crippen LogP contribution in [0.25, 0.3) is 0 Å². The molecule has 0 saturated heterocycles. The van der Waals surface area contributed by atoms with Crippen LogP contribution >= 0.6 is 0 Å². The van der Waals surface area contributed by atoms with Gasteiger partial charge in [-0.05, 0) is 19.8 Å². The smallest absolute Gasteiger partial charge is 0.115 e. The normalized spacial score (nSPS) is 29.6. The molecule has 1 rings (SSSR count). The van der Waals surface area contributed by atoms with Crippen molar-refractivity contribution in [3.8, 4) is 11.8 Å². The van der Waals surface area contributed by atoms with Crippen LogP contribution in [0.15, 0.2) is 12.2 Å². The van der Waals surface area contributed by atoms with E-state index in [0.29, 0.717) is 12.8 Å². The summed E-state index contributed by atoms with van der Waals surface area (Å²) in [6.45, 7) is 1.70. The molecule has 0 fully saturated rings. The first-order valence-electron chi connectivity index (χ1n) is 4.19. The largest absolute Gasteiger partial charge is 0.392 e. The van der Waals surface area contributed by atoms with Gasteiger partial charge in [0.25, 0.3) is 0 Å². The lowest BCUT2D eigenvalue weighted by atomic mass is 9.99. The Morgan fingerprint density at radius 1 is 1.67 bits per heavy atom. The van der Waals surface area contributed by atoms with Gasteiger partial charge in [0.2, 0.25) is 0 Å². The molecule has 1 unspecified atom stereocenters. The highest BCUT2D eigenvalue weighted by Crippen LogP contribution is 2.22. The van der Waals surface area contributed by atoms with Crippen LogP contribution in [0.5, 0.6) is 0 Å². The summed E-state index contributed by atoms with van der Waals surface area (Å²) in [6.07, 6.45) is 4.22. The zero-order valence-corrected chi connectivity index (χ0v) is 7.20. The summed E-state index contributed by atoms with van der Waals surface area (Å²) in [5.74, 6) is 5.39. The second-order valence-corrected chi connectivity index (χ2v) is 3.04. The number of hydrogen-bond donors (Lipinski definition) is 2. The van der Waals surface area contributed by atoms with Crippen molar-refractivity contribution in [2.24, 2.45) is 5.92 Å². The predicted molar refractivity (Wildman–Crippen MR) is 47.3 cm³/mol. The molecule has 0 bridgehead atoms. The number of hydrogen-bond acceptors (Lipinski definition) is 2. The summed E-state index contributed by atoms with van der Waals surface area (Å²) in [7, 11) is 0. The Balaban J connectivity index is 2.38. The third kappa shape index (κ3) is 2.37. The monoisotopic (exact) mass is 166 g/mol. The summed E-state index contributed by atoms with van der Waals surface area (Å²) in [4.78, 5) is 0. The second-order valence-electron chi connectivity index (χ2n) is 3.04. The molecule has 0 amide bonds. The highest BCUT2D eigenvalue weighted by molar-refractivity contribution is 5.07. The summed E-state index contributed by atoms with van der Waals surface area (Å²) in [6, 6.07) is 0. The minimum Gasteiger partial charge on any atom is -0.392 e. The van der Waals surface area contributed by atoms with Gasteiger partial charge in [0.15, 0.2) is 0 Å². The van der Waals surface area contributed by atoms with E-state index < -0.39 is 6.10 Å². The van der Waals surface area contributed by atoms with Crippen LogP contribution in [-0.4, -0.2) is 22.4 Å². The molecular weight excluding hydrogens is 152 g/mol. The zero-order valence-electron chi connectivity index (χ0n) is 7.20. The van der Waals surface area contributed by atoms with Gasteiger partial charge in [-0.15, -0.1) is 5.92 Å². The molecule has 0 saturated carbocycles. The van der Waals surface area contributed by atoms with Crippen LogP contribution in [0.2, 0.25) is 0 Å². The Morgan fingerprint density at radius 2 is 2.42 bits per heavy atom. The maximum absolute atomic E-state index is 9.38. The molecule has 3 atom stereocenters. The zero-order chi connectivity index (χ0) is 8.97. The molecule has 0 aromatic heterocycles. The Bertz CT molecular complexity index is 222. The molecule has 0 spiro atoms. The van der Waals surface area contributed by atoms with Crippen LogP contribution in [-0.2, 0) is 0 Å². The van der Waals surface area contributed by atoms with Crippen molar-refractivity contribution in [1.82, 2.24) is 0 Å². The van der Waals surface area contributed by atoms with Crippen molar-refractivity contribution in [2.45, 2.75) is 32.0 Å². The van der Waals surface area contributed by atoms with Gasteiger partial charge in [0.05, 0.1) is 6.10 Å². The summed E-state index contributed by atoms with van der Waals surface area (Å²) >= 11 is 0. The highest BCUT2D eigenvalue weighted by Gasteiger charge is 2.21. The Labute approximate surface area is 72.9 Å². The van der Waals surface area contributed by atoms with E-state index in [1.165, 1.54) is 0 Å². The SMILES string of the molecule is CC#CC(O)C[C@H]1C=CC[C@H]1O. The first kappa shape index (κ1) is 9.31. The van der Waals surface area contributed by atoms with E-state index in [4.69, 9.17) is 0 Å². The molecule has 2 N–H and O–H groups in total. The standard InChI is InChI=1S/C10H14O2/c1-2-4-9(11)7-8-5-3-6-10(8)12/h3,5,8-12H,6-7H2,1H3/t8-,9?,10-/m1/s1. The molecule has 0 radical (unpaired) electrons. The van der Waals surface area contributed by atoms with Gasteiger partial charge in [-0.1, -0.05) is 18.1 Å². The highest BCUT2D eigenvalue weighted by atomic mass is 16.3. The second kappa shape index (κ2) is 4.30. The van der Waals surface area contributed by atoms with E-state index in [2.05, 4.69) is 11.8 Å². The predicted octanol–water partition coefficient (Wildman–Crippen LogP) is 0.698. The lowest BCUT2D eigenvalue weighted by Gasteiger charge is -2.14. The fraction of sp³-hybridized carbons (Fsp3) is 0.600. The van der Waals surface area contributed by atoms with Gasteiger partial charge in [-0.3, -0.25) is 0 Å². The Hall–Kier alpha value is -0.780. The average molecular weight is 166 g/mol. The van der Waals surface area contributed by atoms with Crippen LogP contribution < -0.4 is 0 Å². The van der Waals surface area contributed by atoms with Gasteiger partial charge in [-0.2, -0.15) is 0 Å². The maximum Gasteiger partial charge on any atom is 0.115 e. The van der Waals surface area contributed by atoms with E-state index in [1.54, 1.807) is 6.92 Å². The van der Waals surface area contributed by atoms with Gasteiger partial charge in [0, 0.05) is 5.92 Å². The van der Waals surface area contributed by atoms with Crippen molar-refractivity contribution in [2.75, 3.05) is 0 Å². The molecule has 0 aromatic rings. The summed E-state index contributed by atoms with van der Waals surface area (Å²) in [5, 5.41) is 18.7. The van der Waals surface area contributed by atoms with Crippen molar-refractivity contribution >= 4 is 0 Å². The topological polar surface area (TPSA) is 40.5 Å². The number of aliphatic hydroxyl groups excluding tert-OH is 2. The van der Waals surface area contributed by atoms with Crippen LogP contribution in [0.4, 0.5) is 0 Å². The number of aliphatic hydroxyl groups is 2. The maximum atomic E-state index is 9.38. The summed E-state index contributed by atoms with van der Waals surface area (Å²) in [5.41, 5.74) is 0. The minimum atomic E-state index is -0.600. The summed E-state index contributed by atoms with van der Waals surface area (Å²) < 4.78 is 0. The van der Waals surface area contributed by atoms with E-state index in [1.807, 2.05) is 12.2 Å². The van der Waals surface area contributed by atoms with Crippen molar-refractivity contribution in [3.05, 3.63) is 12.2 Å². The van der Waals surface area contributed by atoms with Gasteiger partial charge in [-0.25, -0.2) is 0 Å². The first-order valence-corrected chi connectivity index (χ1v) is 4.19. The van der Waals surface area contributed by atoms with Crippen LogP contribution in [0.3, 0.4) is 0 Å². The fourth-order valence-electron chi connectivity index (χ4n) is 1.41. The van der Waals surface area contributed by atoms with Gasteiger partial charge in [0.1, 0.15) is 6.10 Å². The van der Waals surface area contributed by atoms with Crippen LogP contribution in [0, 0.1) is 17.8 Å². The van der Waals surface area contributed by atoms with E-state index in [0.717, 1.165) is 0 Å². The van der Waals surface area contributed by atoms with E-state index in [-0.39, 0.29) is 12.0 Å². The molecule has 12 heavy (non-hydrogen) atoms. The molecule has 2 heteroatoms. The minimum absolute atomic E-state index is 0.0841. The third-order valence-electron chi connectivity index (χ3n) is 2.06. The molecule has 0 aliphatic heterocycles. The molecule has 0 aromatic carbocycles. The van der Waals surface area contributed by atoms with E-state index >= 15 is 0 Å². The Morgan fingerprint density at radius 3 is 2.92 bits per heavy atom. The molecule has 1 aliphatic rings. The first-order chi connectivity index (χ1) is 5.74. The molecule has 0 heterocycles. The molecular formula is C10H14O2. The van der Waals surface area contributed by atoms with Crippen LogP contribution in [0.1, 0.15) is 19.8 Å².